The van der Waals surface area contributed by atoms with E-state index in [1.54, 1.807) is 0 Å². The number of aryl methyl sites for hydroxylation is 1. The molecule has 0 bridgehead atoms. The van der Waals surface area contributed by atoms with E-state index in [-0.39, 0.29) is 11.1 Å². The van der Waals surface area contributed by atoms with Gasteiger partial charge in [-0.1, -0.05) is 12.1 Å². The van der Waals surface area contributed by atoms with E-state index in [9.17, 15) is 17.6 Å². The first-order valence-electron chi connectivity index (χ1n) is 4.74. The first-order chi connectivity index (χ1) is 7.22. The predicted molar refractivity (Wildman–Crippen MR) is 53.6 cm³/mol. The number of alkyl halides is 3. The van der Waals surface area contributed by atoms with Crippen molar-refractivity contribution >= 4 is 0 Å². The fraction of sp³-hybridized carbons (Fsp3) is 0.455. The first kappa shape index (κ1) is 13.0. The molecule has 1 unspecified atom stereocenters. The van der Waals surface area contributed by atoms with Gasteiger partial charge in [0.05, 0.1) is 0 Å². The maximum absolute atomic E-state index is 13.0. The third-order valence-corrected chi connectivity index (χ3v) is 2.80. The molecule has 1 aromatic carbocycles. The Kier molecular flexibility index (Phi) is 3.28. The molecule has 0 heterocycles. The first-order valence-corrected chi connectivity index (χ1v) is 4.74. The van der Waals surface area contributed by atoms with Crippen molar-refractivity contribution in [1.82, 2.24) is 5.32 Å². The van der Waals surface area contributed by atoms with E-state index in [0.29, 0.717) is 0 Å². The van der Waals surface area contributed by atoms with Gasteiger partial charge >= 0.3 is 6.18 Å². The zero-order chi connectivity index (χ0) is 12.6. The zero-order valence-electron chi connectivity index (χ0n) is 9.24. The summed E-state index contributed by atoms with van der Waals surface area (Å²) in [6, 6.07) is 3.40. The quantitative estimate of drug-likeness (QED) is 0.776. The van der Waals surface area contributed by atoms with Crippen LogP contribution in [0.25, 0.3) is 0 Å². The number of hydrogen-bond acceptors (Lipinski definition) is 1. The number of hydrogen-bond donors (Lipinski definition) is 1. The Labute approximate surface area is 91.5 Å². The van der Waals surface area contributed by atoms with Crippen molar-refractivity contribution in [2.24, 2.45) is 0 Å². The van der Waals surface area contributed by atoms with Gasteiger partial charge < -0.3 is 5.32 Å². The molecular weight excluding hydrogens is 222 g/mol. The van der Waals surface area contributed by atoms with Crippen molar-refractivity contribution in [3.05, 3.63) is 35.1 Å². The molecule has 5 heteroatoms. The normalized spacial score (nSPS) is 15.9. The molecule has 0 aliphatic heterocycles. The lowest BCUT2D eigenvalue weighted by Gasteiger charge is -2.32. The second kappa shape index (κ2) is 4.05. The second-order valence-corrected chi connectivity index (χ2v) is 3.84. The Morgan fingerprint density at radius 1 is 1.19 bits per heavy atom. The van der Waals surface area contributed by atoms with E-state index in [0.717, 1.165) is 19.1 Å². The molecule has 0 saturated carbocycles. The minimum atomic E-state index is -4.44. The minimum absolute atomic E-state index is 0.00130. The fourth-order valence-electron chi connectivity index (χ4n) is 1.41. The number of halogens is 4. The Balaban J connectivity index is 3.29. The van der Waals surface area contributed by atoms with E-state index in [1.807, 2.05) is 0 Å². The van der Waals surface area contributed by atoms with Crippen LogP contribution in [-0.2, 0) is 5.54 Å². The van der Waals surface area contributed by atoms with Gasteiger partial charge in [0.2, 0.25) is 0 Å². The molecule has 1 rings (SSSR count). The molecule has 0 aliphatic carbocycles. The number of rotatable bonds is 2. The van der Waals surface area contributed by atoms with Crippen LogP contribution in [0, 0.1) is 12.7 Å². The minimum Gasteiger partial charge on any atom is -0.303 e. The maximum atomic E-state index is 13.0. The summed E-state index contributed by atoms with van der Waals surface area (Å²) in [5.74, 6) is -0.510. The van der Waals surface area contributed by atoms with Gasteiger partial charge in [0.1, 0.15) is 11.4 Å². The summed E-state index contributed by atoms with van der Waals surface area (Å²) in [6.07, 6.45) is -4.44. The van der Waals surface area contributed by atoms with Crippen LogP contribution in [0.5, 0.6) is 0 Å². The monoisotopic (exact) mass is 235 g/mol. The van der Waals surface area contributed by atoms with Crippen molar-refractivity contribution in [3.63, 3.8) is 0 Å². The highest BCUT2D eigenvalue weighted by atomic mass is 19.4. The molecule has 0 fully saturated rings. The molecule has 0 aliphatic rings. The lowest BCUT2D eigenvalue weighted by molar-refractivity contribution is -0.193. The molecule has 1 N–H and O–H groups in total. The van der Waals surface area contributed by atoms with E-state index in [4.69, 9.17) is 0 Å². The van der Waals surface area contributed by atoms with Gasteiger partial charge in [-0.2, -0.15) is 13.2 Å². The van der Waals surface area contributed by atoms with Crippen molar-refractivity contribution in [2.75, 3.05) is 7.05 Å². The van der Waals surface area contributed by atoms with E-state index in [1.165, 1.54) is 20.0 Å². The van der Waals surface area contributed by atoms with Crippen molar-refractivity contribution in [2.45, 2.75) is 25.6 Å². The molecule has 1 nitrogen and oxygen atoms in total. The Bertz CT molecular complexity index is 386. The standard InChI is InChI=1S/C11H13F4N/c1-7-6-8(4-5-9(7)12)10(2,16-3)11(13,14)15/h4-6,16H,1-3H3. The molecule has 90 valence electrons. The average Bonchev–Trinajstić information content (AvgIpc) is 2.19. The summed E-state index contributed by atoms with van der Waals surface area (Å²) < 4.78 is 51.6. The topological polar surface area (TPSA) is 12.0 Å². The van der Waals surface area contributed by atoms with Gasteiger partial charge in [-0.05, 0) is 38.1 Å². The van der Waals surface area contributed by atoms with Gasteiger partial charge in [-0.3, -0.25) is 0 Å². The van der Waals surface area contributed by atoms with Gasteiger partial charge in [0, 0.05) is 0 Å². The average molecular weight is 235 g/mol. The lowest BCUT2D eigenvalue weighted by Crippen LogP contribution is -2.49. The molecule has 0 spiro atoms. The molecule has 0 aromatic heterocycles. The molecule has 1 aromatic rings. The smallest absolute Gasteiger partial charge is 0.303 e. The van der Waals surface area contributed by atoms with Crippen LogP contribution in [0.2, 0.25) is 0 Å². The largest absolute Gasteiger partial charge is 0.410 e. The molecule has 16 heavy (non-hydrogen) atoms. The SMILES string of the molecule is CNC(C)(c1ccc(F)c(C)c1)C(F)(F)F. The summed E-state index contributed by atoms with van der Waals surface area (Å²) in [5.41, 5.74) is -1.96. The summed E-state index contributed by atoms with van der Waals surface area (Å²) in [4.78, 5) is 0. The van der Waals surface area contributed by atoms with E-state index in [2.05, 4.69) is 5.32 Å². The molecule has 0 saturated heterocycles. The Hall–Kier alpha value is -1.10. The van der Waals surface area contributed by atoms with Crippen molar-refractivity contribution in [3.8, 4) is 0 Å². The van der Waals surface area contributed by atoms with E-state index >= 15 is 0 Å². The Morgan fingerprint density at radius 2 is 1.75 bits per heavy atom. The molecule has 0 amide bonds. The molecular formula is C11H13F4N. The predicted octanol–water partition coefficient (Wildman–Crippen LogP) is 3.13. The van der Waals surface area contributed by atoms with Crippen LogP contribution in [0.1, 0.15) is 18.1 Å². The van der Waals surface area contributed by atoms with Gasteiger partial charge in [0.25, 0.3) is 0 Å². The van der Waals surface area contributed by atoms with Gasteiger partial charge in [0.15, 0.2) is 0 Å². The highest BCUT2D eigenvalue weighted by molar-refractivity contribution is 5.31. The van der Waals surface area contributed by atoms with Gasteiger partial charge in [-0.25, -0.2) is 4.39 Å². The van der Waals surface area contributed by atoms with Crippen LogP contribution in [0.4, 0.5) is 17.6 Å². The summed E-state index contributed by atoms with van der Waals surface area (Å²) >= 11 is 0. The number of nitrogens with one attached hydrogen (secondary N) is 1. The summed E-state index contributed by atoms with van der Waals surface area (Å²) in [6.45, 7) is 2.46. The Morgan fingerprint density at radius 3 is 2.12 bits per heavy atom. The van der Waals surface area contributed by atoms with Gasteiger partial charge in [-0.15, -0.1) is 0 Å². The van der Waals surface area contributed by atoms with Crippen LogP contribution in [0.3, 0.4) is 0 Å². The maximum Gasteiger partial charge on any atom is 0.410 e. The van der Waals surface area contributed by atoms with Crippen molar-refractivity contribution in [1.29, 1.82) is 0 Å². The molecule has 0 radical (unpaired) electrons. The third kappa shape index (κ3) is 2.04. The van der Waals surface area contributed by atoms with Crippen molar-refractivity contribution < 1.29 is 17.6 Å². The highest BCUT2D eigenvalue weighted by Gasteiger charge is 2.51. The fourth-order valence-corrected chi connectivity index (χ4v) is 1.41. The van der Waals surface area contributed by atoms with Crippen LogP contribution >= 0.6 is 0 Å². The summed E-state index contributed by atoms with van der Waals surface area (Å²) in [7, 11) is 1.23. The van der Waals surface area contributed by atoms with E-state index < -0.39 is 17.5 Å². The lowest BCUT2D eigenvalue weighted by atomic mass is 9.90. The van der Waals surface area contributed by atoms with Crippen LogP contribution in [-0.4, -0.2) is 13.2 Å². The number of benzene rings is 1. The zero-order valence-corrected chi connectivity index (χ0v) is 9.24. The third-order valence-electron chi connectivity index (χ3n) is 2.80. The highest BCUT2D eigenvalue weighted by Crippen LogP contribution is 2.38. The second-order valence-electron chi connectivity index (χ2n) is 3.84. The molecule has 1 atom stereocenters. The van der Waals surface area contributed by atoms with Crippen LogP contribution < -0.4 is 5.32 Å². The van der Waals surface area contributed by atoms with Crippen LogP contribution in [0.15, 0.2) is 18.2 Å². The summed E-state index contributed by atoms with van der Waals surface area (Å²) in [5, 5.41) is 2.23.